The molecule has 2 aromatic heterocycles. The number of hydrogen-bond donors (Lipinski definition) is 2. The first-order valence-electron chi connectivity index (χ1n) is 8.22. The molecule has 7 heteroatoms. The van der Waals surface area contributed by atoms with Crippen molar-refractivity contribution in [2.75, 3.05) is 0 Å². The summed E-state index contributed by atoms with van der Waals surface area (Å²) in [5, 5.41) is 21.4. The van der Waals surface area contributed by atoms with Crippen LogP contribution in [0.4, 0.5) is 0 Å². The summed E-state index contributed by atoms with van der Waals surface area (Å²) >= 11 is 0. The van der Waals surface area contributed by atoms with Gasteiger partial charge in [-0.05, 0) is 31.0 Å². The molecule has 3 aromatic rings. The lowest BCUT2D eigenvalue weighted by Crippen LogP contribution is -2.56. The molecule has 1 aliphatic carbocycles. The summed E-state index contributed by atoms with van der Waals surface area (Å²) in [5.74, 6) is -0.200. The maximum absolute atomic E-state index is 12.5. The third-order valence-electron chi connectivity index (χ3n) is 4.66. The van der Waals surface area contributed by atoms with Gasteiger partial charge in [-0.1, -0.05) is 18.2 Å². The molecule has 1 fully saturated rings. The van der Waals surface area contributed by atoms with E-state index in [-0.39, 0.29) is 18.0 Å². The van der Waals surface area contributed by atoms with Gasteiger partial charge in [-0.25, -0.2) is 4.68 Å². The molecule has 0 unspecified atom stereocenters. The first-order chi connectivity index (χ1) is 12.1. The second-order valence-electron chi connectivity index (χ2n) is 6.32. The maximum Gasteiger partial charge on any atom is 0.254 e. The first-order valence-corrected chi connectivity index (χ1v) is 8.22. The highest BCUT2D eigenvalue weighted by molar-refractivity contribution is 5.94. The summed E-state index contributed by atoms with van der Waals surface area (Å²) < 4.78 is 3.39. The van der Waals surface area contributed by atoms with Gasteiger partial charge in [0.1, 0.15) is 0 Å². The van der Waals surface area contributed by atoms with E-state index in [1.54, 1.807) is 40.2 Å². The van der Waals surface area contributed by atoms with Crippen LogP contribution in [0.2, 0.25) is 0 Å². The summed E-state index contributed by atoms with van der Waals surface area (Å²) in [7, 11) is 0. The Morgan fingerprint density at radius 3 is 2.84 bits per heavy atom. The molecule has 1 aromatic carbocycles. The molecule has 0 spiro atoms. The van der Waals surface area contributed by atoms with Crippen LogP contribution < -0.4 is 5.32 Å². The number of para-hydroxylation sites is 1. The number of amides is 1. The minimum Gasteiger partial charge on any atom is -0.391 e. The lowest BCUT2D eigenvalue weighted by Gasteiger charge is -2.41. The Labute approximate surface area is 144 Å². The number of aryl methyl sites for hydroxylation is 1. The van der Waals surface area contributed by atoms with Crippen LogP contribution in [0.5, 0.6) is 0 Å². The Morgan fingerprint density at radius 1 is 1.28 bits per heavy atom. The number of carbonyl (C=O) groups is 1. The van der Waals surface area contributed by atoms with Gasteiger partial charge in [-0.3, -0.25) is 9.48 Å². The van der Waals surface area contributed by atoms with Crippen molar-refractivity contribution in [1.82, 2.24) is 24.9 Å². The number of nitrogens with one attached hydrogen (secondary N) is 1. The Bertz CT molecular complexity index is 887. The Kier molecular flexibility index (Phi) is 3.85. The average molecular weight is 337 g/mol. The molecular formula is C18H19N5O2. The van der Waals surface area contributed by atoms with Crippen molar-refractivity contribution in [3.63, 3.8) is 0 Å². The number of aliphatic hydroxyl groups is 1. The summed E-state index contributed by atoms with van der Waals surface area (Å²) in [4.78, 5) is 12.5. The van der Waals surface area contributed by atoms with E-state index in [1.807, 2.05) is 31.2 Å². The predicted octanol–water partition coefficient (Wildman–Crippen LogP) is 1.48. The molecule has 128 valence electrons. The van der Waals surface area contributed by atoms with E-state index in [2.05, 4.69) is 15.5 Å². The van der Waals surface area contributed by atoms with Crippen molar-refractivity contribution in [2.45, 2.75) is 31.5 Å². The number of rotatable bonds is 4. The smallest absolute Gasteiger partial charge is 0.254 e. The van der Waals surface area contributed by atoms with E-state index < -0.39 is 6.10 Å². The lowest BCUT2D eigenvalue weighted by atomic mass is 9.83. The van der Waals surface area contributed by atoms with Gasteiger partial charge in [0.2, 0.25) is 0 Å². The van der Waals surface area contributed by atoms with E-state index in [1.165, 1.54) is 0 Å². The fourth-order valence-electron chi connectivity index (χ4n) is 3.22. The molecule has 1 amide bonds. The number of aromatic nitrogens is 4. The fourth-order valence-corrected chi connectivity index (χ4v) is 3.22. The quantitative estimate of drug-likeness (QED) is 0.755. The van der Waals surface area contributed by atoms with Gasteiger partial charge in [0.25, 0.3) is 5.91 Å². The van der Waals surface area contributed by atoms with Crippen molar-refractivity contribution >= 4 is 5.91 Å². The molecule has 1 saturated carbocycles. The second-order valence-corrected chi connectivity index (χ2v) is 6.32. The Balaban J connectivity index is 1.48. The van der Waals surface area contributed by atoms with Crippen LogP contribution in [0.15, 0.2) is 55.1 Å². The number of nitrogens with zero attached hydrogens (tertiary/aromatic N) is 4. The predicted molar refractivity (Wildman–Crippen MR) is 91.4 cm³/mol. The van der Waals surface area contributed by atoms with Gasteiger partial charge in [-0.15, -0.1) is 0 Å². The molecule has 25 heavy (non-hydrogen) atoms. The maximum atomic E-state index is 12.5. The number of benzene rings is 1. The summed E-state index contributed by atoms with van der Waals surface area (Å²) in [5.41, 5.74) is 2.51. The highest BCUT2D eigenvalue weighted by Gasteiger charge is 2.42. The van der Waals surface area contributed by atoms with E-state index in [9.17, 15) is 9.90 Å². The SMILES string of the molecule is Cc1ccccc1-n1cc(C(=O)N[C@H]2C[C@@H](O)[C@@H]2n2cccn2)cn1. The molecule has 1 aliphatic rings. The third kappa shape index (κ3) is 2.83. The zero-order valence-electron chi connectivity index (χ0n) is 13.8. The standard InChI is InChI=1S/C18H19N5O2/c1-12-5-2-3-6-15(12)23-11-13(10-20-23)18(25)21-14-9-16(24)17(14)22-8-4-7-19-22/h2-8,10-11,14,16-17,24H,9H2,1H3,(H,21,25)/t14-,16+,17+/m0/s1. The fraction of sp³-hybridized carbons (Fsp3) is 0.278. The van der Waals surface area contributed by atoms with Gasteiger partial charge in [0.15, 0.2) is 0 Å². The van der Waals surface area contributed by atoms with Crippen molar-refractivity contribution in [1.29, 1.82) is 0 Å². The monoisotopic (exact) mass is 337 g/mol. The van der Waals surface area contributed by atoms with Crippen LogP contribution in [0.3, 0.4) is 0 Å². The molecule has 2 N–H and O–H groups in total. The van der Waals surface area contributed by atoms with Crippen molar-refractivity contribution in [2.24, 2.45) is 0 Å². The molecule has 2 heterocycles. The molecular weight excluding hydrogens is 318 g/mol. The average Bonchev–Trinajstić information content (AvgIpc) is 3.26. The second kappa shape index (κ2) is 6.18. The zero-order chi connectivity index (χ0) is 17.4. The molecule has 4 rings (SSSR count). The Hall–Kier alpha value is -2.93. The van der Waals surface area contributed by atoms with Crippen LogP contribution in [0.25, 0.3) is 5.69 Å². The molecule has 0 radical (unpaired) electrons. The molecule has 0 bridgehead atoms. The normalized spacial score (nSPS) is 22.4. The van der Waals surface area contributed by atoms with E-state index in [4.69, 9.17) is 0 Å². The summed E-state index contributed by atoms with van der Waals surface area (Å²) in [6.45, 7) is 2.00. The first kappa shape index (κ1) is 15.6. The molecule has 7 nitrogen and oxygen atoms in total. The van der Waals surface area contributed by atoms with Crippen molar-refractivity contribution in [3.8, 4) is 5.69 Å². The van der Waals surface area contributed by atoms with Gasteiger partial charge < -0.3 is 10.4 Å². The van der Waals surface area contributed by atoms with Crippen LogP contribution in [-0.2, 0) is 0 Å². The van der Waals surface area contributed by atoms with Crippen molar-refractivity contribution < 1.29 is 9.90 Å². The summed E-state index contributed by atoms with van der Waals surface area (Å²) in [6, 6.07) is 9.29. The molecule has 3 atom stereocenters. The van der Waals surface area contributed by atoms with E-state index in [0.717, 1.165) is 11.3 Å². The van der Waals surface area contributed by atoms with Crippen LogP contribution in [0.1, 0.15) is 28.4 Å². The molecule has 0 saturated heterocycles. The van der Waals surface area contributed by atoms with Gasteiger partial charge in [0.05, 0.1) is 35.6 Å². The lowest BCUT2D eigenvalue weighted by molar-refractivity contribution is -0.00588. The number of hydrogen-bond acceptors (Lipinski definition) is 4. The highest BCUT2D eigenvalue weighted by Crippen LogP contribution is 2.32. The topological polar surface area (TPSA) is 85.0 Å². The van der Waals surface area contributed by atoms with Crippen LogP contribution in [-0.4, -0.2) is 42.7 Å². The van der Waals surface area contributed by atoms with Gasteiger partial charge in [0, 0.05) is 18.6 Å². The van der Waals surface area contributed by atoms with Crippen LogP contribution in [0, 0.1) is 6.92 Å². The Morgan fingerprint density at radius 2 is 2.12 bits per heavy atom. The number of aliphatic hydroxyl groups excluding tert-OH is 1. The van der Waals surface area contributed by atoms with Gasteiger partial charge in [-0.2, -0.15) is 10.2 Å². The zero-order valence-corrected chi connectivity index (χ0v) is 13.8. The minimum absolute atomic E-state index is 0.149. The van der Waals surface area contributed by atoms with E-state index in [0.29, 0.717) is 12.0 Å². The largest absolute Gasteiger partial charge is 0.391 e. The summed E-state index contributed by atoms with van der Waals surface area (Å²) in [6.07, 6.45) is 6.75. The number of carbonyl (C=O) groups excluding carboxylic acids is 1. The minimum atomic E-state index is -0.500. The molecule has 0 aliphatic heterocycles. The van der Waals surface area contributed by atoms with Gasteiger partial charge >= 0.3 is 0 Å². The van der Waals surface area contributed by atoms with E-state index >= 15 is 0 Å². The van der Waals surface area contributed by atoms with Crippen molar-refractivity contribution in [3.05, 3.63) is 66.2 Å². The highest BCUT2D eigenvalue weighted by atomic mass is 16.3. The third-order valence-corrected chi connectivity index (χ3v) is 4.66. The van der Waals surface area contributed by atoms with Crippen LogP contribution >= 0.6 is 0 Å².